The number of hydrogen-bond donors (Lipinski definition) is 1. The van der Waals surface area contributed by atoms with Crippen LogP contribution in [0.3, 0.4) is 0 Å². The second-order valence-electron chi connectivity index (χ2n) is 3.80. The highest BCUT2D eigenvalue weighted by Gasteiger charge is 2.13. The summed E-state index contributed by atoms with van der Waals surface area (Å²) in [6.45, 7) is 0.409. The molecule has 2 heterocycles. The Morgan fingerprint density at radius 1 is 1.20 bits per heavy atom. The van der Waals surface area contributed by atoms with Crippen molar-refractivity contribution in [1.29, 1.82) is 0 Å². The quantitative estimate of drug-likeness (QED) is 0.783. The molecular formula is C12H14IN5O2. The lowest BCUT2D eigenvalue weighted by Gasteiger charge is -2.10. The summed E-state index contributed by atoms with van der Waals surface area (Å²) in [6.07, 6.45) is 0. The number of rotatable bonds is 5. The fourth-order valence-corrected chi connectivity index (χ4v) is 2.22. The number of ether oxygens (including phenoxy) is 2. The predicted molar refractivity (Wildman–Crippen MR) is 82.6 cm³/mol. The fraction of sp³-hybridized carbons (Fsp3) is 0.333. The van der Waals surface area contributed by atoms with Crippen LogP contribution in [0.15, 0.2) is 12.1 Å². The second-order valence-corrected chi connectivity index (χ2v) is 4.88. The highest BCUT2D eigenvalue weighted by atomic mass is 127. The standard InChI is InChI=1S/C12H14IN5O2/c1-14-12-10(13)8(6-19-2)15-11(16-12)7-4-5-9(20-3)18-17-7/h4-5H,6H2,1-3H3,(H,14,15,16). The first kappa shape index (κ1) is 14.9. The molecule has 2 aromatic heterocycles. The summed E-state index contributed by atoms with van der Waals surface area (Å²) in [5.74, 6) is 1.68. The Hall–Kier alpha value is -1.55. The summed E-state index contributed by atoms with van der Waals surface area (Å²) in [4.78, 5) is 8.90. The Kier molecular flexibility index (Phi) is 5.01. The molecule has 0 aliphatic heterocycles. The maximum absolute atomic E-state index is 5.16. The lowest BCUT2D eigenvalue weighted by molar-refractivity contribution is 0.181. The number of nitrogens with one attached hydrogen (secondary N) is 1. The molecule has 2 rings (SSSR count). The third-order valence-electron chi connectivity index (χ3n) is 2.52. The Labute approximate surface area is 130 Å². The summed E-state index contributed by atoms with van der Waals surface area (Å²) >= 11 is 2.19. The first-order valence-corrected chi connectivity index (χ1v) is 6.88. The van der Waals surface area contributed by atoms with Crippen molar-refractivity contribution in [3.05, 3.63) is 21.4 Å². The van der Waals surface area contributed by atoms with Gasteiger partial charge in [-0.1, -0.05) is 0 Å². The molecule has 0 atom stereocenters. The van der Waals surface area contributed by atoms with Crippen molar-refractivity contribution in [2.75, 3.05) is 26.6 Å². The van der Waals surface area contributed by atoms with E-state index in [9.17, 15) is 0 Å². The van der Waals surface area contributed by atoms with Crippen molar-refractivity contribution in [1.82, 2.24) is 20.2 Å². The highest BCUT2D eigenvalue weighted by Crippen LogP contribution is 2.23. The van der Waals surface area contributed by atoms with Crippen LogP contribution in [0.25, 0.3) is 11.5 Å². The van der Waals surface area contributed by atoms with E-state index in [2.05, 4.69) is 48.1 Å². The lowest BCUT2D eigenvalue weighted by Crippen LogP contribution is -2.07. The third kappa shape index (κ3) is 3.12. The smallest absolute Gasteiger partial charge is 0.233 e. The van der Waals surface area contributed by atoms with Crippen molar-refractivity contribution < 1.29 is 9.47 Å². The number of halogens is 1. The van der Waals surface area contributed by atoms with Gasteiger partial charge in [0.15, 0.2) is 5.82 Å². The molecule has 1 N–H and O–H groups in total. The number of hydrogen-bond acceptors (Lipinski definition) is 7. The molecule has 0 saturated carbocycles. The van der Waals surface area contributed by atoms with E-state index < -0.39 is 0 Å². The minimum Gasteiger partial charge on any atom is -0.480 e. The first-order valence-electron chi connectivity index (χ1n) is 5.80. The van der Waals surface area contributed by atoms with Crippen LogP contribution < -0.4 is 10.1 Å². The van der Waals surface area contributed by atoms with E-state index in [4.69, 9.17) is 9.47 Å². The molecule has 2 aromatic rings. The van der Waals surface area contributed by atoms with Gasteiger partial charge in [-0.2, -0.15) is 0 Å². The van der Waals surface area contributed by atoms with Crippen molar-refractivity contribution in [2.45, 2.75) is 6.61 Å². The van der Waals surface area contributed by atoms with E-state index in [-0.39, 0.29) is 0 Å². The summed E-state index contributed by atoms with van der Waals surface area (Å²) in [7, 11) is 4.98. The molecule has 0 spiro atoms. The van der Waals surface area contributed by atoms with Crippen molar-refractivity contribution >= 4 is 28.4 Å². The summed E-state index contributed by atoms with van der Waals surface area (Å²) in [5.41, 5.74) is 1.39. The monoisotopic (exact) mass is 387 g/mol. The molecule has 0 saturated heterocycles. The topological polar surface area (TPSA) is 82.1 Å². The molecule has 0 aliphatic rings. The van der Waals surface area contributed by atoms with Gasteiger partial charge in [0.25, 0.3) is 0 Å². The van der Waals surface area contributed by atoms with Gasteiger partial charge >= 0.3 is 0 Å². The molecule has 0 unspecified atom stereocenters. The molecule has 0 aromatic carbocycles. The normalized spacial score (nSPS) is 10.4. The fourth-order valence-electron chi connectivity index (χ4n) is 1.55. The van der Waals surface area contributed by atoms with Crippen LogP contribution in [0.4, 0.5) is 5.82 Å². The van der Waals surface area contributed by atoms with Gasteiger partial charge in [0.05, 0.1) is 23.0 Å². The Morgan fingerprint density at radius 3 is 2.55 bits per heavy atom. The minimum atomic E-state index is 0.409. The van der Waals surface area contributed by atoms with E-state index >= 15 is 0 Å². The number of nitrogens with zero attached hydrogens (tertiary/aromatic N) is 4. The summed E-state index contributed by atoms with van der Waals surface area (Å²) < 4.78 is 11.1. The van der Waals surface area contributed by atoms with E-state index in [1.807, 2.05) is 7.05 Å². The van der Waals surface area contributed by atoms with Crippen LogP contribution in [0.1, 0.15) is 5.69 Å². The predicted octanol–water partition coefficient (Wildman–Crippen LogP) is 1.73. The average Bonchev–Trinajstić information content (AvgIpc) is 2.49. The van der Waals surface area contributed by atoms with Crippen LogP contribution in [0.2, 0.25) is 0 Å². The number of methoxy groups -OCH3 is 2. The van der Waals surface area contributed by atoms with Gasteiger partial charge in [0.2, 0.25) is 5.88 Å². The minimum absolute atomic E-state index is 0.409. The van der Waals surface area contributed by atoms with Crippen LogP contribution >= 0.6 is 22.6 Å². The molecule has 0 radical (unpaired) electrons. The van der Waals surface area contributed by atoms with Gasteiger partial charge in [-0.25, -0.2) is 9.97 Å². The van der Waals surface area contributed by atoms with Gasteiger partial charge in [-0.3, -0.25) is 0 Å². The number of anilines is 1. The van der Waals surface area contributed by atoms with Crippen LogP contribution in [-0.4, -0.2) is 41.4 Å². The molecule has 0 aliphatic carbocycles. The van der Waals surface area contributed by atoms with Gasteiger partial charge in [0.1, 0.15) is 11.5 Å². The maximum atomic E-state index is 5.16. The first-order chi connectivity index (χ1) is 9.69. The molecule has 7 nitrogen and oxygen atoms in total. The Balaban J connectivity index is 2.46. The van der Waals surface area contributed by atoms with Gasteiger partial charge in [-0.15, -0.1) is 10.2 Å². The number of aromatic nitrogens is 4. The van der Waals surface area contributed by atoms with E-state index in [1.165, 1.54) is 0 Å². The highest BCUT2D eigenvalue weighted by molar-refractivity contribution is 14.1. The van der Waals surface area contributed by atoms with Crippen molar-refractivity contribution in [2.24, 2.45) is 0 Å². The summed E-state index contributed by atoms with van der Waals surface area (Å²) in [6, 6.07) is 3.49. The Bertz CT molecular complexity index is 591. The maximum Gasteiger partial charge on any atom is 0.233 e. The van der Waals surface area contributed by atoms with E-state index in [0.717, 1.165) is 15.1 Å². The molecule has 8 heteroatoms. The van der Waals surface area contributed by atoms with Gasteiger partial charge in [-0.05, 0) is 28.7 Å². The largest absolute Gasteiger partial charge is 0.480 e. The molecular weight excluding hydrogens is 373 g/mol. The zero-order valence-corrected chi connectivity index (χ0v) is 13.5. The van der Waals surface area contributed by atoms with Crippen LogP contribution in [0, 0.1) is 3.57 Å². The molecule has 106 valence electrons. The molecule has 0 amide bonds. The molecule has 20 heavy (non-hydrogen) atoms. The van der Waals surface area contributed by atoms with Crippen molar-refractivity contribution in [3.8, 4) is 17.4 Å². The van der Waals surface area contributed by atoms with Crippen molar-refractivity contribution in [3.63, 3.8) is 0 Å². The van der Waals surface area contributed by atoms with Gasteiger partial charge in [0, 0.05) is 20.2 Å². The van der Waals surface area contributed by atoms with Crippen LogP contribution in [-0.2, 0) is 11.3 Å². The molecule has 0 bridgehead atoms. The SMILES string of the molecule is CNc1nc(-c2ccc(OC)nn2)nc(COC)c1I. The second kappa shape index (κ2) is 6.75. The van der Waals surface area contributed by atoms with E-state index in [1.54, 1.807) is 26.4 Å². The zero-order valence-electron chi connectivity index (χ0n) is 11.3. The van der Waals surface area contributed by atoms with Gasteiger partial charge < -0.3 is 14.8 Å². The van der Waals surface area contributed by atoms with Crippen LogP contribution in [0.5, 0.6) is 5.88 Å². The lowest BCUT2D eigenvalue weighted by atomic mass is 10.3. The molecule has 0 fully saturated rings. The van der Waals surface area contributed by atoms with E-state index in [0.29, 0.717) is 24.0 Å². The summed E-state index contributed by atoms with van der Waals surface area (Å²) in [5, 5.41) is 11.0. The zero-order chi connectivity index (χ0) is 14.5. The average molecular weight is 387 g/mol. The third-order valence-corrected chi connectivity index (χ3v) is 3.65. The Morgan fingerprint density at radius 2 is 2.00 bits per heavy atom.